The Balaban J connectivity index is 1.84. The van der Waals surface area contributed by atoms with Crippen LogP contribution in [-0.2, 0) is 4.79 Å². The summed E-state index contributed by atoms with van der Waals surface area (Å²) in [5, 5.41) is 3.29. The van der Waals surface area contributed by atoms with Crippen molar-refractivity contribution in [1.82, 2.24) is 10.2 Å². The molecule has 128 valence electrons. The molecule has 24 heavy (non-hydrogen) atoms. The Bertz CT molecular complexity index is 672. The van der Waals surface area contributed by atoms with Gasteiger partial charge < -0.3 is 10.1 Å². The zero-order chi connectivity index (χ0) is 17.1. The summed E-state index contributed by atoms with van der Waals surface area (Å²) < 4.78 is 29.5. The first kappa shape index (κ1) is 16.8. The van der Waals surface area contributed by atoms with Gasteiger partial charge in [-0.3, -0.25) is 9.69 Å². The second-order valence-corrected chi connectivity index (χ2v) is 6.26. The summed E-state index contributed by atoms with van der Waals surface area (Å²) in [6.45, 7) is -2.92. The lowest BCUT2D eigenvalue weighted by Crippen LogP contribution is -2.41. The van der Waals surface area contributed by atoms with E-state index in [1.54, 1.807) is 23.1 Å². The van der Waals surface area contributed by atoms with Crippen LogP contribution < -0.4 is 10.1 Å². The molecular formula is C17H18F2N2O2S. The van der Waals surface area contributed by atoms with Crippen molar-refractivity contribution >= 4 is 29.3 Å². The summed E-state index contributed by atoms with van der Waals surface area (Å²) >= 11 is 5.30. The van der Waals surface area contributed by atoms with Crippen LogP contribution in [0.25, 0.3) is 6.08 Å². The van der Waals surface area contributed by atoms with Crippen molar-refractivity contribution in [3.05, 3.63) is 35.5 Å². The number of para-hydroxylation sites is 1. The second kappa shape index (κ2) is 7.25. The Labute approximate surface area is 144 Å². The predicted molar refractivity (Wildman–Crippen MR) is 90.5 cm³/mol. The summed E-state index contributed by atoms with van der Waals surface area (Å²) in [6.07, 6.45) is 6.73. The predicted octanol–water partition coefficient (Wildman–Crippen LogP) is 3.68. The lowest BCUT2D eigenvalue weighted by atomic mass is 9.94. The Morgan fingerprint density at radius 1 is 1.25 bits per heavy atom. The van der Waals surface area contributed by atoms with Gasteiger partial charge in [-0.1, -0.05) is 37.5 Å². The maximum atomic E-state index is 12.7. The van der Waals surface area contributed by atoms with Gasteiger partial charge in [0.05, 0.1) is 0 Å². The van der Waals surface area contributed by atoms with Crippen LogP contribution in [0.15, 0.2) is 30.0 Å². The van der Waals surface area contributed by atoms with Gasteiger partial charge >= 0.3 is 6.61 Å². The molecule has 1 saturated heterocycles. The molecule has 0 spiro atoms. The third kappa shape index (κ3) is 3.56. The molecular weight excluding hydrogens is 334 g/mol. The van der Waals surface area contributed by atoms with Gasteiger partial charge in [-0.05, 0) is 37.2 Å². The number of nitrogens with zero attached hydrogens (tertiary/aromatic N) is 1. The van der Waals surface area contributed by atoms with E-state index in [0.717, 1.165) is 25.7 Å². The highest BCUT2D eigenvalue weighted by Crippen LogP contribution is 2.28. The van der Waals surface area contributed by atoms with E-state index in [4.69, 9.17) is 12.2 Å². The summed E-state index contributed by atoms with van der Waals surface area (Å²) in [6, 6.07) is 6.47. The SMILES string of the molecule is O=C1/C(=C/c2ccccc2OC(F)F)NC(=S)N1C1CCCCC1. The number of alkyl halides is 2. The Hall–Kier alpha value is -2.02. The highest BCUT2D eigenvalue weighted by molar-refractivity contribution is 7.80. The average molecular weight is 352 g/mol. The number of hydrogen-bond acceptors (Lipinski definition) is 3. The first-order valence-corrected chi connectivity index (χ1v) is 8.37. The maximum Gasteiger partial charge on any atom is 0.387 e. The van der Waals surface area contributed by atoms with E-state index >= 15 is 0 Å². The van der Waals surface area contributed by atoms with Gasteiger partial charge in [-0.25, -0.2) is 0 Å². The average Bonchev–Trinajstić information content (AvgIpc) is 2.83. The molecule has 2 fully saturated rings. The van der Waals surface area contributed by atoms with Crippen molar-refractivity contribution in [3.8, 4) is 5.75 Å². The van der Waals surface area contributed by atoms with E-state index in [1.807, 2.05) is 0 Å². The summed E-state index contributed by atoms with van der Waals surface area (Å²) in [5.41, 5.74) is 0.692. The normalized spacial score (nSPS) is 20.8. The fraction of sp³-hybridized carbons (Fsp3) is 0.412. The van der Waals surface area contributed by atoms with Gasteiger partial charge in [-0.15, -0.1) is 0 Å². The molecule has 1 aromatic carbocycles. The number of benzene rings is 1. The van der Waals surface area contributed by atoms with Crippen LogP contribution in [0.4, 0.5) is 8.78 Å². The summed E-state index contributed by atoms with van der Waals surface area (Å²) in [7, 11) is 0. The van der Waals surface area contributed by atoms with Crippen LogP contribution in [0.2, 0.25) is 0 Å². The van der Waals surface area contributed by atoms with Crippen molar-refractivity contribution in [3.63, 3.8) is 0 Å². The van der Waals surface area contributed by atoms with E-state index in [9.17, 15) is 13.6 Å². The molecule has 7 heteroatoms. The monoisotopic (exact) mass is 352 g/mol. The molecule has 3 rings (SSSR count). The van der Waals surface area contributed by atoms with E-state index in [1.165, 1.54) is 18.6 Å². The Morgan fingerprint density at radius 3 is 2.67 bits per heavy atom. The first-order valence-electron chi connectivity index (χ1n) is 7.96. The molecule has 1 N–H and O–H groups in total. The van der Waals surface area contributed by atoms with Crippen molar-refractivity contribution < 1.29 is 18.3 Å². The van der Waals surface area contributed by atoms with E-state index in [-0.39, 0.29) is 23.4 Å². The van der Waals surface area contributed by atoms with Crippen molar-refractivity contribution in [2.45, 2.75) is 44.8 Å². The van der Waals surface area contributed by atoms with Gasteiger partial charge in [0.25, 0.3) is 5.91 Å². The van der Waals surface area contributed by atoms with Gasteiger partial charge in [0.2, 0.25) is 0 Å². The number of thiocarbonyl (C=S) groups is 1. The summed E-state index contributed by atoms with van der Waals surface area (Å²) in [5.74, 6) is -0.185. The molecule has 1 aromatic rings. The van der Waals surface area contributed by atoms with Crippen LogP contribution in [0.3, 0.4) is 0 Å². The van der Waals surface area contributed by atoms with Crippen molar-refractivity contribution in [2.24, 2.45) is 0 Å². The van der Waals surface area contributed by atoms with Crippen LogP contribution in [0, 0.1) is 0 Å². The third-order valence-electron chi connectivity index (χ3n) is 4.28. The third-order valence-corrected chi connectivity index (χ3v) is 4.58. The molecule has 1 saturated carbocycles. The minimum atomic E-state index is -2.92. The number of carbonyl (C=O) groups is 1. The highest BCUT2D eigenvalue weighted by Gasteiger charge is 2.36. The lowest BCUT2D eigenvalue weighted by Gasteiger charge is -2.29. The van der Waals surface area contributed by atoms with Crippen molar-refractivity contribution in [1.29, 1.82) is 0 Å². The molecule has 1 heterocycles. The van der Waals surface area contributed by atoms with Crippen LogP contribution in [0.1, 0.15) is 37.7 Å². The molecule has 0 unspecified atom stereocenters. The molecule has 1 aliphatic carbocycles. The van der Waals surface area contributed by atoms with E-state index in [0.29, 0.717) is 10.7 Å². The van der Waals surface area contributed by atoms with Crippen molar-refractivity contribution in [2.75, 3.05) is 0 Å². The van der Waals surface area contributed by atoms with Gasteiger partial charge in [0.15, 0.2) is 5.11 Å². The number of hydrogen-bond donors (Lipinski definition) is 1. The zero-order valence-corrected chi connectivity index (χ0v) is 13.8. The lowest BCUT2D eigenvalue weighted by molar-refractivity contribution is -0.124. The Kier molecular flexibility index (Phi) is 5.08. The minimum absolute atomic E-state index is 0.0247. The topological polar surface area (TPSA) is 41.6 Å². The molecule has 0 aromatic heterocycles. The fourth-order valence-corrected chi connectivity index (χ4v) is 3.52. The van der Waals surface area contributed by atoms with Gasteiger partial charge in [0, 0.05) is 11.6 Å². The first-order chi connectivity index (χ1) is 11.6. The maximum absolute atomic E-state index is 12.7. The molecule has 0 atom stereocenters. The number of ether oxygens (including phenoxy) is 1. The zero-order valence-electron chi connectivity index (χ0n) is 13.0. The van der Waals surface area contributed by atoms with Crippen LogP contribution in [-0.4, -0.2) is 28.6 Å². The molecule has 2 aliphatic rings. The molecule has 0 bridgehead atoms. The molecule has 1 amide bonds. The van der Waals surface area contributed by atoms with Crippen LogP contribution >= 0.6 is 12.2 Å². The molecule has 0 radical (unpaired) electrons. The molecule has 4 nitrogen and oxygen atoms in total. The van der Waals surface area contributed by atoms with Gasteiger partial charge in [-0.2, -0.15) is 8.78 Å². The van der Waals surface area contributed by atoms with E-state index in [2.05, 4.69) is 10.1 Å². The summed E-state index contributed by atoms with van der Waals surface area (Å²) in [4.78, 5) is 14.3. The van der Waals surface area contributed by atoms with Gasteiger partial charge in [0.1, 0.15) is 11.4 Å². The smallest absolute Gasteiger partial charge is 0.387 e. The standard InChI is InChI=1S/C17H18F2N2O2S/c18-16(19)23-14-9-5-4-6-11(14)10-13-15(22)21(17(24)20-13)12-7-2-1-3-8-12/h4-6,9-10,12,16H,1-3,7-8H2,(H,20,24)/b13-10-. The highest BCUT2D eigenvalue weighted by atomic mass is 32.1. The number of carbonyl (C=O) groups excluding carboxylic acids is 1. The largest absolute Gasteiger partial charge is 0.434 e. The van der Waals surface area contributed by atoms with E-state index < -0.39 is 6.61 Å². The number of rotatable bonds is 4. The fourth-order valence-electron chi connectivity index (χ4n) is 3.18. The number of halogens is 2. The number of amides is 1. The Morgan fingerprint density at radius 2 is 1.96 bits per heavy atom. The molecule has 1 aliphatic heterocycles. The minimum Gasteiger partial charge on any atom is -0.434 e. The van der Waals surface area contributed by atoms with Crippen LogP contribution in [0.5, 0.6) is 5.75 Å². The number of nitrogens with one attached hydrogen (secondary N) is 1. The quantitative estimate of drug-likeness (QED) is 0.663. The second-order valence-electron chi connectivity index (χ2n) is 5.87.